The largest absolute Gasteiger partial charge is 0.466 e. The van der Waals surface area contributed by atoms with E-state index in [9.17, 15) is 4.79 Å². The zero-order valence-electron chi connectivity index (χ0n) is 8.25. The van der Waals surface area contributed by atoms with Crippen molar-refractivity contribution in [3.63, 3.8) is 0 Å². The third-order valence-electron chi connectivity index (χ3n) is 1.68. The van der Waals surface area contributed by atoms with Gasteiger partial charge in [0, 0.05) is 9.47 Å². The fraction of sp³-hybridized carbons (Fsp3) is 0.889. The summed E-state index contributed by atoms with van der Waals surface area (Å²) in [6.07, 6.45) is 4.88. The van der Waals surface area contributed by atoms with Crippen LogP contribution >= 0.6 is 9.47 Å². The molecule has 1 atom stereocenters. The number of rotatable bonds is 8. The van der Waals surface area contributed by atoms with Crippen LogP contribution in [0.1, 0.15) is 39.0 Å². The number of esters is 1. The van der Waals surface area contributed by atoms with Gasteiger partial charge in [0.2, 0.25) is 0 Å². The minimum absolute atomic E-state index is 0.168. The van der Waals surface area contributed by atoms with Crippen LogP contribution in [-0.2, 0) is 14.1 Å². The van der Waals surface area contributed by atoms with Gasteiger partial charge in [-0.05, 0) is 6.42 Å². The second-order valence-corrected chi connectivity index (χ2v) is 3.24. The van der Waals surface area contributed by atoms with E-state index in [-0.39, 0.29) is 5.97 Å². The second kappa shape index (κ2) is 9.94. The number of carbonyl (C=O) groups is 1. The van der Waals surface area contributed by atoms with Crippen molar-refractivity contribution in [1.82, 2.24) is 0 Å². The van der Waals surface area contributed by atoms with Crippen LogP contribution in [-0.4, -0.2) is 19.2 Å². The lowest BCUT2D eigenvalue weighted by molar-refractivity contribution is -0.144. The first-order valence-electron chi connectivity index (χ1n) is 4.78. The van der Waals surface area contributed by atoms with Crippen molar-refractivity contribution in [2.24, 2.45) is 0 Å². The molecular weight excluding hydrogens is 187 g/mol. The zero-order chi connectivity index (χ0) is 9.94. The van der Waals surface area contributed by atoms with E-state index < -0.39 is 0 Å². The third-order valence-corrected chi connectivity index (χ3v) is 1.92. The Morgan fingerprint density at radius 2 is 2.00 bits per heavy atom. The standard InChI is InChI=1S/C9H19O3P/c1-2-3-4-5-7-11-9(10)6-8-12-13/h2-8,13H2,1H3. The molecule has 13 heavy (non-hydrogen) atoms. The highest BCUT2D eigenvalue weighted by atomic mass is 31.0. The Kier molecular flexibility index (Phi) is 9.84. The molecule has 0 bridgehead atoms. The molecule has 0 amide bonds. The van der Waals surface area contributed by atoms with Crippen molar-refractivity contribution >= 4 is 15.4 Å². The fourth-order valence-corrected chi connectivity index (χ4v) is 1.05. The Balaban J connectivity index is 3.08. The van der Waals surface area contributed by atoms with E-state index in [2.05, 4.69) is 20.9 Å². The van der Waals surface area contributed by atoms with Crippen LogP contribution in [0.2, 0.25) is 0 Å². The molecule has 0 saturated heterocycles. The molecule has 0 saturated carbocycles. The van der Waals surface area contributed by atoms with Gasteiger partial charge in [-0.25, -0.2) is 0 Å². The highest BCUT2D eigenvalue weighted by Gasteiger charge is 2.00. The van der Waals surface area contributed by atoms with Crippen molar-refractivity contribution in [3.8, 4) is 0 Å². The second-order valence-electron chi connectivity index (χ2n) is 2.90. The molecule has 0 aliphatic rings. The Morgan fingerprint density at radius 1 is 1.23 bits per heavy atom. The van der Waals surface area contributed by atoms with E-state index in [1.165, 1.54) is 12.8 Å². The summed E-state index contributed by atoms with van der Waals surface area (Å²) in [7, 11) is 2.11. The maximum atomic E-state index is 10.9. The molecular formula is C9H19O3P. The first-order chi connectivity index (χ1) is 6.31. The van der Waals surface area contributed by atoms with E-state index in [4.69, 9.17) is 4.74 Å². The molecule has 0 fully saturated rings. The van der Waals surface area contributed by atoms with Gasteiger partial charge in [0.1, 0.15) is 0 Å². The van der Waals surface area contributed by atoms with Crippen LogP contribution in [0, 0.1) is 0 Å². The average molecular weight is 206 g/mol. The van der Waals surface area contributed by atoms with Gasteiger partial charge < -0.3 is 9.26 Å². The molecule has 3 nitrogen and oxygen atoms in total. The SMILES string of the molecule is CCCCCCOC(=O)CCOP. The lowest BCUT2D eigenvalue weighted by Gasteiger charge is -2.03. The maximum absolute atomic E-state index is 10.9. The lowest BCUT2D eigenvalue weighted by Crippen LogP contribution is -2.07. The van der Waals surface area contributed by atoms with Crippen molar-refractivity contribution in [2.45, 2.75) is 39.0 Å². The van der Waals surface area contributed by atoms with E-state index in [0.29, 0.717) is 19.6 Å². The van der Waals surface area contributed by atoms with E-state index in [1.54, 1.807) is 0 Å². The Hall–Kier alpha value is -0.140. The normalized spacial score (nSPS) is 10.0. The van der Waals surface area contributed by atoms with Gasteiger partial charge >= 0.3 is 5.97 Å². The van der Waals surface area contributed by atoms with Crippen molar-refractivity contribution in [3.05, 3.63) is 0 Å². The quantitative estimate of drug-likeness (QED) is 0.347. The molecule has 0 N–H and O–H groups in total. The smallest absolute Gasteiger partial charge is 0.308 e. The fourth-order valence-electron chi connectivity index (χ4n) is 0.929. The number of carbonyl (C=O) groups excluding carboxylic acids is 1. The van der Waals surface area contributed by atoms with E-state index in [1.807, 2.05) is 0 Å². The minimum Gasteiger partial charge on any atom is -0.466 e. The van der Waals surface area contributed by atoms with Gasteiger partial charge in [-0.3, -0.25) is 4.79 Å². The summed E-state index contributed by atoms with van der Waals surface area (Å²) in [4.78, 5) is 10.9. The summed E-state index contributed by atoms with van der Waals surface area (Å²) in [5.41, 5.74) is 0. The van der Waals surface area contributed by atoms with Crippen LogP contribution in [0.5, 0.6) is 0 Å². The zero-order valence-corrected chi connectivity index (χ0v) is 9.41. The Bertz CT molecular complexity index is 128. The molecule has 0 heterocycles. The van der Waals surface area contributed by atoms with Crippen LogP contribution in [0.3, 0.4) is 0 Å². The summed E-state index contributed by atoms with van der Waals surface area (Å²) in [5.74, 6) is -0.168. The topological polar surface area (TPSA) is 35.5 Å². The maximum Gasteiger partial charge on any atom is 0.308 e. The molecule has 0 aromatic heterocycles. The molecule has 0 spiro atoms. The number of hydrogen-bond donors (Lipinski definition) is 0. The molecule has 1 unspecified atom stereocenters. The molecule has 0 aromatic carbocycles. The Labute approximate surface area is 82.5 Å². The van der Waals surface area contributed by atoms with E-state index >= 15 is 0 Å². The first-order valence-corrected chi connectivity index (χ1v) is 5.25. The summed E-state index contributed by atoms with van der Waals surface area (Å²) in [6.45, 7) is 3.12. The molecule has 78 valence electrons. The van der Waals surface area contributed by atoms with Gasteiger partial charge in [-0.2, -0.15) is 0 Å². The molecule has 0 rings (SSSR count). The summed E-state index contributed by atoms with van der Waals surface area (Å²) in [6, 6.07) is 0. The summed E-state index contributed by atoms with van der Waals surface area (Å²) >= 11 is 0. The number of unbranched alkanes of at least 4 members (excludes halogenated alkanes) is 3. The van der Waals surface area contributed by atoms with Gasteiger partial charge in [-0.1, -0.05) is 26.2 Å². The highest BCUT2D eigenvalue weighted by molar-refractivity contribution is 7.09. The van der Waals surface area contributed by atoms with Crippen LogP contribution in [0.25, 0.3) is 0 Å². The molecule has 0 radical (unpaired) electrons. The first kappa shape index (κ1) is 12.9. The Morgan fingerprint density at radius 3 is 2.62 bits per heavy atom. The van der Waals surface area contributed by atoms with Gasteiger partial charge in [0.05, 0.1) is 19.6 Å². The van der Waals surface area contributed by atoms with E-state index in [0.717, 1.165) is 12.8 Å². The third kappa shape index (κ3) is 9.78. The summed E-state index contributed by atoms with van der Waals surface area (Å²) < 4.78 is 9.64. The number of ether oxygens (including phenoxy) is 1. The molecule has 0 aliphatic carbocycles. The van der Waals surface area contributed by atoms with Crippen LogP contribution in [0.4, 0.5) is 0 Å². The predicted molar refractivity (Wildman–Crippen MR) is 55.4 cm³/mol. The lowest BCUT2D eigenvalue weighted by atomic mass is 10.2. The molecule has 0 aromatic rings. The predicted octanol–water partition coefficient (Wildman–Crippen LogP) is 2.31. The van der Waals surface area contributed by atoms with Crippen molar-refractivity contribution < 1.29 is 14.1 Å². The van der Waals surface area contributed by atoms with Crippen LogP contribution in [0.15, 0.2) is 0 Å². The van der Waals surface area contributed by atoms with Crippen molar-refractivity contribution in [1.29, 1.82) is 0 Å². The number of hydrogen-bond acceptors (Lipinski definition) is 3. The van der Waals surface area contributed by atoms with Gasteiger partial charge in [-0.15, -0.1) is 0 Å². The van der Waals surface area contributed by atoms with Gasteiger partial charge in [0.15, 0.2) is 0 Å². The van der Waals surface area contributed by atoms with Crippen LogP contribution < -0.4 is 0 Å². The van der Waals surface area contributed by atoms with Crippen molar-refractivity contribution in [2.75, 3.05) is 13.2 Å². The molecule has 4 heteroatoms. The highest BCUT2D eigenvalue weighted by Crippen LogP contribution is 2.00. The van der Waals surface area contributed by atoms with Gasteiger partial charge in [0.25, 0.3) is 0 Å². The summed E-state index contributed by atoms with van der Waals surface area (Å²) in [5, 5.41) is 0. The minimum atomic E-state index is -0.168. The monoisotopic (exact) mass is 206 g/mol. The molecule has 0 aliphatic heterocycles. The average Bonchev–Trinajstić information content (AvgIpc) is 2.14.